The number of hydrogen-bond donors (Lipinski definition) is 1. The topological polar surface area (TPSA) is 33.1 Å². The van der Waals surface area contributed by atoms with Crippen LogP contribution in [0, 0.1) is 5.95 Å². The van der Waals surface area contributed by atoms with Gasteiger partial charge >= 0.3 is 0 Å². The van der Waals surface area contributed by atoms with Crippen LogP contribution in [0.1, 0.15) is 30.9 Å². The van der Waals surface area contributed by atoms with E-state index in [1.165, 1.54) is 12.3 Å². The highest BCUT2D eigenvalue weighted by Crippen LogP contribution is 2.18. The SMILES string of the molecule is CC(C)c1cnc(F)cc1CO. The molecule has 0 atom stereocenters. The Morgan fingerprint density at radius 2 is 2.25 bits per heavy atom. The van der Waals surface area contributed by atoms with Gasteiger partial charge in [0.25, 0.3) is 0 Å². The number of aliphatic hydroxyl groups is 1. The Kier molecular flexibility index (Phi) is 2.76. The quantitative estimate of drug-likeness (QED) is 0.685. The standard InChI is InChI=1S/C9H12FNO/c1-6(2)8-4-11-9(10)3-7(8)5-12/h3-4,6,12H,5H2,1-2H3. The highest BCUT2D eigenvalue weighted by atomic mass is 19.1. The molecule has 1 aromatic heterocycles. The lowest BCUT2D eigenvalue weighted by atomic mass is 10.0. The summed E-state index contributed by atoms with van der Waals surface area (Å²) in [5.74, 6) is -0.274. The Morgan fingerprint density at radius 3 is 2.75 bits per heavy atom. The predicted molar refractivity (Wildman–Crippen MR) is 44.2 cm³/mol. The van der Waals surface area contributed by atoms with Crippen molar-refractivity contribution in [1.29, 1.82) is 0 Å². The monoisotopic (exact) mass is 169 g/mol. The van der Waals surface area contributed by atoms with E-state index >= 15 is 0 Å². The summed E-state index contributed by atoms with van der Waals surface area (Å²) in [5, 5.41) is 8.90. The van der Waals surface area contributed by atoms with E-state index in [1.807, 2.05) is 13.8 Å². The minimum absolute atomic E-state index is 0.132. The van der Waals surface area contributed by atoms with Crippen molar-refractivity contribution in [3.05, 3.63) is 29.3 Å². The third-order valence-electron chi connectivity index (χ3n) is 1.78. The molecule has 3 heteroatoms. The molecule has 0 radical (unpaired) electrons. The molecular formula is C9H12FNO. The lowest BCUT2D eigenvalue weighted by Crippen LogP contribution is -1.99. The normalized spacial score (nSPS) is 10.8. The summed E-state index contributed by atoms with van der Waals surface area (Å²) in [6, 6.07) is 1.27. The van der Waals surface area contributed by atoms with Gasteiger partial charge in [0.15, 0.2) is 0 Å². The molecule has 0 amide bonds. The van der Waals surface area contributed by atoms with Gasteiger partial charge in [0.05, 0.1) is 6.61 Å². The maximum Gasteiger partial charge on any atom is 0.213 e. The van der Waals surface area contributed by atoms with Gasteiger partial charge in [0.2, 0.25) is 5.95 Å². The molecule has 0 saturated carbocycles. The zero-order valence-corrected chi connectivity index (χ0v) is 7.21. The molecule has 1 rings (SSSR count). The average molecular weight is 169 g/mol. The minimum Gasteiger partial charge on any atom is -0.392 e. The molecule has 2 nitrogen and oxygen atoms in total. The second-order valence-corrected chi connectivity index (χ2v) is 3.02. The van der Waals surface area contributed by atoms with Crippen LogP contribution in [0.5, 0.6) is 0 Å². The van der Waals surface area contributed by atoms with E-state index in [1.54, 1.807) is 0 Å². The molecule has 0 aliphatic carbocycles. The first-order valence-electron chi connectivity index (χ1n) is 3.90. The van der Waals surface area contributed by atoms with Gasteiger partial charge in [-0.3, -0.25) is 0 Å². The van der Waals surface area contributed by atoms with Gasteiger partial charge in [-0.15, -0.1) is 0 Å². The molecule has 12 heavy (non-hydrogen) atoms. The molecule has 0 aliphatic heterocycles. The van der Waals surface area contributed by atoms with Crippen molar-refractivity contribution >= 4 is 0 Å². The predicted octanol–water partition coefficient (Wildman–Crippen LogP) is 1.84. The fourth-order valence-corrected chi connectivity index (χ4v) is 1.14. The van der Waals surface area contributed by atoms with Gasteiger partial charge < -0.3 is 5.11 Å². The third-order valence-corrected chi connectivity index (χ3v) is 1.78. The van der Waals surface area contributed by atoms with Crippen LogP contribution in [0.15, 0.2) is 12.3 Å². The fraction of sp³-hybridized carbons (Fsp3) is 0.444. The first-order chi connectivity index (χ1) is 5.65. The summed E-state index contributed by atoms with van der Waals surface area (Å²) in [4.78, 5) is 3.53. The summed E-state index contributed by atoms with van der Waals surface area (Å²) in [6.45, 7) is 3.83. The highest BCUT2D eigenvalue weighted by Gasteiger charge is 2.07. The summed E-state index contributed by atoms with van der Waals surface area (Å²) in [7, 11) is 0. The number of hydrogen-bond acceptors (Lipinski definition) is 2. The van der Waals surface area contributed by atoms with Crippen molar-refractivity contribution in [1.82, 2.24) is 4.98 Å². The Hall–Kier alpha value is -0.960. The van der Waals surface area contributed by atoms with Crippen LogP contribution in [-0.4, -0.2) is 10.1 Å². The van der Waals surface area contributed by atoms with Crippen molar-refractivity contribution in [2.45, 2.75) is 26.4 Å². The van der Waals surface area contributed by atoms with Crippen LogP contribution in [-0.2, 0) is 6.61 Å². The van der Waals surface area contributed by atoms with Crippen LogP contribution < -0.4 is 0 Å². The van der Waals surface area contributed by atoms with E-state index in [9.17, 15) is 4.39 Å². The van der Waals surface area contributed by atoms with Gasteiger partial charge in [0.1, 0.15) is 0 Å². The molecule has 1 heterocycles. The lowest BCUT2D eigenvalue weighted by Gasteiger charge is -2.09. The Bertz CT molecular complexity index is 273. The number of pyridine rings is 1. The zero-order chi connectivity index (χ0) is 9.14. The van der Waals surface area contributed by atoms with Crippen molar-refractivity contribution in [2.75, 3.05) is 0 Å². The molecule has 0 unspecified atom stereocenters. The van der Waals surface area contributed by atoms with E-state index in [2.05, 4.69) is 4.98 Å². The Morgan fingerprint density at radius 1 is 1.58 bits per heavy atom. The van der Waals surface area contributed by atoms with Crippen molar-refractivity contribution in [3.8, 4) is 0 Å². The van der Waals surface area contributed by atoms with Gasteiger partial charge in [-0.25, -0.2) is 4.98 Å². The van der Waals surface area contributed by atoms with E-state index in [0.29, 0.717) is 5.56 Å². The Balaban J connectivity index is 3.11. The zero-order valence-electron chi connectivity index (χ0n) is 7.21. The number of rotatable bonds is 2. The van der Waals surface area contributed by atoms with Gasteiger partial charge in [-0.2, -0.15) is 4.39 Å². The molecule has 0 bridgehead atoms. The molecule has 0 aromatic carbocycles. The van der Waals surface area contributed by atoms with Gasteiger partial charge in [-0.05, 0) is 23.1 Å². The summed E-state index contributed by atoms with van der Waals surface area (Å²) >= 11 is 0. The summed E-state index contributed by atoms with van der Waals surface area (Å²) in [5.41, 5.74) is 1.52. The Labute approximate surface area is 71.1 Å². The fourth-order valence-electron chi connectivity index (χ4n) is 1.14. The van der Waals surface area contributed by atoms with Gasteiger partial charge in [0, 0.05) is 6.20 Å². The summed E-state index contributed by atoms with van der Waals surface area (Å²) in [6.07, 6.45) is 1.48. The van der Waals surface area contributed by atoms with Gasteiger partial charge in [-0.1, -0.05) is 13.8 Å². The minimum atomic E-state index is -0.538. The number of halogens is 1. The lowest BCUT2D eigenvalue weighted by molar-refractivity contribution is 0.279. The number of aromatic nitrogens is 1. The number of aliphatic hydroxyl groups excluding tert-OH is 1. The van der Waals surface area contributed by atoms with E-state index in [-0.39, 0.29) is 12.5 Å². The van der Waals surface area contributed by atoms with Crippen molar-refractivity contribution in [2.24, 2.45) is 0 Å². The van der Waals surface area contributed by atoms with E-state index in [0.717, 1.165) is 5.56 Å². The maximum absolute atomic E-state index is 12.6. The van der Waals surface area contributed by atoms with Crippen LogP contribution in [0.3, 0.4) is 0 Å². The highest BCUT2D eigenvalue weighted by molar-refractivity contribution is 5.25. The van der Waals surface area contributed by atoms with E-state index < -0.39 is 5.95 Å². The molecule has 0 aliphatic rings. The first kappa shape index (κ1) is 9.13. The molecule has 66 valence electrons. The van der Waals surface area contributed by atoms with Crippen LogP contribution >= 0.6 is 0 Å². The van der Waals surface area contributed by atoms with Crippen molar-refractivity contribution in [3.63, 3.8) is 0 Å². The molecule has 0 fully saturated rings. The van der Waals surface area contributed by atoms with E-state index in [4.69, 9.17) is 5.11 Å². The second kappa shape index (κ2) is 3.63. The van der Waals surface area contributed by atoms with Crippen LogP contribution in [0.25, 0.3) is 0 Å². The van der Waals surface area contributed by atoms with Crippen LogP contribution in [0.2, 0.25) is 0 Å². The maximum atomic E-state index is 12.6. The summed E-state index contributed by atoms with van der Waals surface area (Å²) < 4.78 is 12.6. The van der Waals surface area contributed by atoms with Crippen LogP contribution in [0.4, 0.5) is 4.39 Å². The average Bonchev–Trinajstić information content (AvgIpc) is 2.03. The van der Waals surface area contributed by atoms with Crippen molar-refractivity contribution < 1.29 is 9.50 Å². The largest absolute Gasteiger partial charge is 0.392 e. The molecular weight excluding hydrogens is 157 g/mol. The smallest absolute Gasteiger partial charge is 0.213 e. The third kappa shape index (κ3) is 1.80. The molecule has 0 spiro atoms. The number of nitrogens with zero attached hydrogens (tertiary/aromatic N) is 1. The first-order valence-corrected chi connectivity index (χ1v) is 3.90. The second-order valence-electron chi connectivity index (χ2n) is 3.02. The molecule has 1 aromatic rings. The molecule has 1 N–H and O–H groups in total. The molecule has 0 saturated heterocycles.